The molecule has 2 N–H and O–H groups in total. The molecule has 3 aromatic rings. The van der Waals surface area contributed by atoms with E-state index in [0.29, 0.717) is 11.2 Å². The fraction of sp³-hybridized carbons (Fsp3) is 0.0833. The molecule has 0 unspecified atom stereocenters. The van der Waals surface area contributed by atoms with Crippen LogP contribution in [0.5, 0.6) is 11.6 Å². The van der Waals surface area contributed by atoms with Crippen LogP contribution >= 0.6 is 0 Å². The summed E-state index contributed by atoms with van der Waals surface area (Å²) < 4.78 is 31.8. The second kappa shape index (κ2) is 4.72. The molecule has 3 rings (SSSR count). The zero-order chi connectivity index (χ0) is 14.1. The number of halogens is 2. The Morgan fingerprint density at radius 3 is 2.85 bits per heavy atom. The van der Waals surface area contributed by atoms with E-state index < -0.39 is 11.6 Å². The maximum Gasteiger partial charge on any atom is 0.250 e. The predicted octanol–water partition coefficient (Wildman–Crippen LogP) is 2.47. The highest BCUT2D eigenvalue weighted by atomic mass is 19.1. The van der Waals surface area contributed by atoms with Gasteiger partial charge in [-0.3, -0.25) is 0 Å². The molecule has 2 heterocycles. The molecule has 0 fully saturated rings. The first-order valence-electron chi connectivity index (χ1n) is 5.69. The summed E-state index contributed by atoms with van der Waals surface area (Å²) in [4.78, 5) is 15.0. The highest BCUT2D eigenvalue weighted by Crippen LogP contribution is 2.28. The van der Waals surface area contributed by atoms with E-state index in [0.717, 1.165) is 12.1 Å². The largest absolute Gasteiger partial charge is 0.434 e. The quantitative estimate of drug-likeness (QED) is 0.769. The minimum Gasteiger partial charge on any atom is -0.434 e. The molecule has 0 aliphatic carbocycles. The fourth-order valence-corrected chi connectivity index (χ4v) is 1.65. The van der Waals surface area contributed by atoms with Gasteiger partial charge in [-0.25, -0.2) is 13.8 Å². The second-order valence-corrected chi connectivity index (χ2v) is 3.88. The molecular formula is C12H9F2N5O. The molecule has 2 aromatic heterocycles. The van der Waals surface area contributed by atoms with Gasteiger partial charge >= 0.3 is 0 Å². The smallest absolute Gasteiger partial charge is 0.250 e. The summed E-state index contributed by atoms with van der Waals surface area (Å²) in [5, 5.41) is 2.75. The number of imidazole rings is 1. The molecule has 0 amide bonds. The molecule has 0 atom stereocenters. The molecule has 0 bridgehead atoms. The van der Waals surface area contributed by atoms with Gasteiger partial charge in [-0.05, 0) is 12.1 Å². The zero-order valence-corrected chi connectivity index (χ0v) is 10.3. The first-order valence-corrected chi connectivity index (χ1v) is 5.69. The van der Waals surface area contributed by atoms with Crippen molar-refractivity contribution in [3.8, 4) is 11.6 Å². The van der Waals surface area contributed by atoms with E-state index in [1.54, 1.807) is 7.05 Å². The summed E-state index contributed by atoms with van der Waals surface area (Å²) in [6, 6.07) is 3.02. The standard InChI is InChI=1S/C12H9F2N5O/c1-15-12-18-10-9(16-5-17-10)11(19-12)20-8-3-2-6(13)4-7(8)14/h2-5H,1H3,(H2,15,16,17,18,19). The van der Waals surface area contributed by atoms with Crippen LogP contribution in [-0.4, -0.2) is 27.0 Å². The number of benzene rings is 1. The Morgan fingerprint density at radius 2 is 2.10 bits per heavy atom. The van der Waals surface area contributed by atoms with E-state index in [2.05, 4.69) is 25.3 Å². The zero-order valence-electron chi connectivity index (χ0n) is 10.3. The number of aromatic nitrogens is 4. The first kappa shape index (κ1) is 12.3. The topological polar surface area (TPSA) is 75.7 Å². The fourth-order valence-electron chi connectivity index (χ4n) is 1.65. The third kappa shape index (κ3) is 2.11. The molecule has 0 spiro atoms. The number of nitrogens with zero attached hydrogens (tertiary/aromatic N) is 3. The van der Waals surface area contributed by atoms with Crippen LogP contribution in [0.4, 0.5) is 14.7 Å². The molecule has 0 saturated heterocycles. The van der Waals surface area contributed by atoms with Gasteiger partial charge in [-0.15, -0.1) is 0 Å². The van der Waals surface area contributed by atoms with Crippen molar-refractivity contribution in [3.05, 3.63) is 36.2 Å². The molecule has 0 saturated carbocycles. The van der Waals surface area contributed by atoms with E-state index in [9.17, 15) is 8.78 Å². The average Bonchev–Trinajstić information content (AvgIpc) is 2.90. The van der Waals surface area contributed by atoms with Crippen molar-refractivity contribution >= 4 is 17.1 Å². The Bertz CT molecular complexity index is 774. The predicted molar refractivity (Wildman–Crippen MR) is 67.7 cm³/mol. The van der Waals surface area contributed by atoms with E-state index in [1.807, 2.05) is 0 Å². The van der Waals surface area contributed by atoms with Crippen molar-refractivity contribution in [2.24, 2.45) is 0 Å². The summed E-state index contributed by atoms with van der Waals surface area (Å²) in [6.45, 7) is 0. The third-order valence-electron chi connectivity index (χ3n) is 2.58. The number of ether oxygens (including phenoxy) is 1. The number of aromatic amines is 1. The van der Waals surface area contributed by atoms with Gasteiger partial charge in [0.15, 0.2) is 17.2 Å². The molecule has 1 aromatic carbocycles. The lowest BCUT2D eigenvalue weighted by Gasteiger charge is -2.07. The number of nitrogens with one attached hydrogen (secondary N) is 2. The Labute approximate surface area is 111 Å². The van der Waals surface area contributed by atoms with Gasteiger partial charge in [-0.2, -0.15) is 9.97 Å². The Kier molecular flexibility index (Phi) is 2.90. The highest BCUT2D eigenvalue weighted by molar-refractivity contribution is 5.77. The molecule has 6 nitrogen and oxygen atoms in total. The van der Waals surface area contributed by atoms with Crippen LogP contribution in [0, 0.1) is 11.6 Å². The normalized spacial score (nSPS) is 10.8. The maximum absolute atomic E-state index is 13.6. The molecule has 102 valence electrons. The number of fused-ring (bicyclic) bond motifs is 1. The monoisotopic (exact) mass is 277 g/mol. The molecular weight excluding hydrogens is 268 g/mol. The van der Waals surface area contributed by atoms with Crippen LogP contribution in [0.3, 0.4) is 0 Å². The Morgan fingerprint density at radius 1 is 1.25 bits per heavy atom. The van der Waals surface area contributed by atoms with Crippen molar-refractivity contribution in [2.75, 3.05) is 12.4 Å². The van der Waals surface area contributed by atoms with Crippen LogP contribution in [-0.2, 0) is 0 Å². The lowest BCUT2D eigenvalue weighted by atomic mass is 10.3. The van der Waals surface area contributed by atoms with E-state index >= 15 is 0 Å². The minimum atomic E-state index is -0.817. The van der Waals surface area contributed by atoms with Crippen LogP contribution in [0.25, 0.3) is 11.2 Å². The molecule has 0 aliphatic heterocycles. The van der Waals surface area contributed by atoms with Gasteiger partial charge in [0.1, 0.15) is 11.3 Å². The van der Waals surface area contributed by atoms with Gasteiger partial charge in [-0.1, -0.05) is 0 Å². The lowest BCUT2D eigenvalue weighted by Crippen LogP contribution is -2.00. The average molecular weight is 277 g/mol. The van der Waals surface area contributed by atoms with Gasteiger partial charge in [0, 0.05) is 13.1 Å². The molecule has 0 aliphatic rings. The number of hydrogen-bond acceptors (Lipinski definition) is 5. The highest BCUT2D eigenvalue weighted by Gasteiger charge is 2.14. The first-order chi connectivity index (χ1) is 9.67. The van der Waals surface area contributed by atoms with Gasteiger partial charge in [0.2, 0.25) is 5.95 Å². The van der Waals surface area contributed by atoms with Crippen LogP contribution in [0.2, 0.25) is 0 Å². The lowest BCUT2D eigenvalue weighted by molar-refractivity contribution is 0.427. The second-order valence-electron chi connectivity index (χ2n) is 3.88. The number of hydrogen-bond donors (Lipinski definition) is 2. The van der Waals surface area contributed by atoms with Crippen molar-refractivity contribution in [1.29, 1.82) is 0 Å². The molecule has 20 heavy (non-hydrogen) atoms. The number of H-pyrrole nitrogens is 1. The van der Waals surface area contributed by atoms with E-state index in [1.165, 1.54) is 12.4 Å². The van der Waals surface area contributed by atoms with Crippen molar-refractivity contribution in [3.63, 3.8) is 0 Å². The van der Waals surface area contributed by atoms with Crippen molar-refractivity contribution in [1.82, 2.24) is 19.9 Å². The number of rotatable bonds is 3. The SMILES string of the molecule is CNc1nc(Oc2ccc(F)cc2F)c2[nH]cnc2n1. The van der Waals surface area contributed by atoms with E-state index in [4.69, 9.17) is 4.74 Å². The summed E-state index contributed by atoms with van der Waals surface area (Å²) in [7, 11) is 1.63. The molecule has 0 radical (unpaired) electrons. The van der Waals surface area contributed by atoms with E-state index in [-0.39, 0.29) is 17.6 Å². The van der Waals surface area contributed by atoms with Gasteiger partial charge in [0.05, 0.1) is 6.33 Å². The summed E-state index contributed by atoms with van der Waals surface area (Å²) >= 11 is 0. The Hall–Kier alpha value is -2.77. The Balaban J connectivity index is 2.07. The molecule has 8 heteroatoms. The third-order valence-corrected chi connectivity index (χ3v) is 2.58. The minimum absolute atomic E-state index is 0.0994. The van der Waals surface area contributed by atoms with Gasteiger partial charge < -0.3 is 15.0 Å². The summed E-state index contributed by atoms with van der Waals surface area (Å²) in [5.74, 6) is -1.25. The summed E-state index contributed by atoms with van der Waals surface area (Å²) in [5.41, 5.74) is 0.801. The maximum atomic E-state index is 13.6. The van der Waals surface area contributed by atoms with Crippen molar-refractivity contribution < 1.29 is 13.5 Å². The van der Waals surface area contributed by atoms with Crippen LogP contribution in [0.1, 0.15) is 0 Å². The van der Waals surface area contributed by atoms with Gasteiger partial charge in [0.25, 0.3) is 5.88 Å². The van der Waals surface area contributed by atoms with Crippen molar-refractivity contribution in [2.45, 2.75) is 0 Å². The van der Waals surface area contributed by atoms with Crippen LogP contribution in [0.15, 0.2) is 24.5 Å². The van der Waals surface area contributed by atoms with Crippen LogP contribution < -0.4 is 10.1 Å². The number of anilines is 1. The summed E-state index contributed by atoms with van der Waals surface area (Å²) in [6.07, 6.45) is 1.42.